The van der Waals surface area contributed by atoms with Crippen molar-refractivity contribution in [2.45, 2.75) is 39.3 Å². The van der Waals surface area contributed by atoms with Gasteiger partial charge in [-0.25, -0.2) is 4.79 Å². The highest BCUT2D eigenvalue weighted by molar-refractivity contribution is 5.65. The van der Waals surface area contributed by atoms with Gasteiger partial charge in [-0.1, -0.05) is 37.3 Å². The molecule has 0 aliphatic carbocycles. The van der Waals surface area contributed by atoms with Crippen molar-refractivity contribution >= 4 is 6.09 Å². The van der Waals surface area contributed by atoms with Gasteiger partial charge >= 0.3 is 6.09 Å². The molecule has 0 radical (unpaired) electrons. The SMILES string of the molecule is C[C@@H](CNCc1ccccc1)CC(C)(C)NC(=O)O. The quantitative estimate of drug-likeness (QED) is 0.709. The van der Waals surface area contributed by atoms with E-state index in [9.17, 15) is 4.79 Å². The van der Waals surface area contributed by atoms with Crippen molar-refractivity contribution in [2.75, 3.05) is 6.54 Å². The van der Waals surface area contributed by atoms with Gasteiger partial charge in [0, 0.05) is 12.1 Å². The zero-order valence-corrected chi connectivity index (χ0v) is 11.9. The molecule has 3 N–H and O–H groups in total. The largest absolute Gasteiger partial charge is 0.465 e. The van der Waals surface area contributed by atoms with E-state index in [1.54, 1.807) is 0 Å². The van der Waals surface area contributed by atoms with E-state index < -0.39 is 6.09 Å². The van der Waals surface area contributed by atoms with E-state index in [1.807, 2.05) is 32.0 Å². The van der Waals surface area contributed by atoms with Crippen molar-refractivity contribution in [3.8, 4) is 0 Å². The molecule has 0 spiro atoms. The summed E-state index contributed by atoms with van der Waals surface area (Å²) in [6.07, 6.45) is -0.157. The second-order valence-corrected chi connectivity index (χ2v) is 5.74. The van der Waals surface area contributed by atoms with Crippen LogP contribution in [0.1, 0.15) is 32.8 Å². The summed E-state index contributed by atoms with van der Waals surface area (Å²) in [6, 6.07) is 10.2. The second-order valence-electron chi connectivity index (χ2n) is 5.74. The molecule has 1 aromatic rings. The molecular formula is C15H24N2O2. The minimum atomic E-state index is -0.963. The molecule has 0 saturated heterocycles. The standard InChI is InChI=1S/C15H24N2O2/c1-12(9-15(2,3)17-14(18)19)10-16-11-13-7-5-4-6-8-13/h4-8,12,16-17H,9-11H2,1-3H3,(H,18,19)/t12-/m1/s1. The van der Waals surface area contributed by atoms with E-state index >= 15 is 0 Å². The third-order valence-corrected chi connectivity index (χ3v) is 2.97. The summed E-state index contributed by atoms with van der Waals surface area (Å²) in [4.78, 5) is 10.7. The first kappa shape index (κ1) is 15.5. The van der Waals surface area contributed by atoms with E-state index in [4.69, 9.17) is 5.11 Å². The molecule has 0 bridgehead atoms. The van der Waals surface area contributed by atoms with Gasteiger partial charge in [0.05, 0.1) is 0 Å². The molecule has 0 unspecified atom stereocenters. The Labute approximate surface area is 115 Å². The summed E-state index contributed by atoms with van der Waals surface area (Å²) in [5.41, 5.74) is 0.872. The van der Waals surface area contributed by atoms with Gasteiger partial charge in [0.15, 0.2) is 0 Å². The highest BCUT2D eigenvalue weighted by Gasteiger charge is 2.22. The van der Waals surface area contributed by atoms with Crippen molar-refractivity contribution < 1.29 is 9.90 Å². The summed E-state index contributed by atoms with van der Waals surface area (Å²) in [6.45, 7) is 7.67. The number of benzene rings is 1. The van der Waals surface area contributed by atoms with Crippen molar-refractivity contribution in [3.05, 3.63) is 35.9 Å². The first-order chi connectivity index (χ1) is 8.89. The van der Waals surface area contributed by atoms with Crippen molar-refractivity contribution in [3.63, 3.8) is 0 Å². The van der Waals surface area contributed by atoms with E-state index in [0.717, 1.165) is 19.5 Å². The maximum atomic E-state index is 10.7. The first-order valence-corrected chi connectivity index (χ1v) is 6.65. The topological polar surface area (TPSA) is 61.4 Å². The Hall–Kier alpha value is -1.55. The maximum Gasteiger partial charge on any atom is 0.405 e. The van der Waals surface area contributed by atoms with E-state index in [2.05, 4.69) is 29.7 Å². The minimum absolute atomic E-state index is 0.389. The average molecular weight is 264 g/mol. The van der Waals surface area contributed by atoms with Crippen LogP contribution in [-0.2, 0) is 6.54 Å². The molecule has 1 atom stereocenters. The zero-order valence-electron chi connectivity index (χ0n) is 11.9. The molecule has 1 aromatic carbocycles. The highest BCUT2D eigenvalue weighted by Crippen LogP contribution is 2.15. The lowest BCUT2D eigenvalue weighted by Gasteiger charge is -2.28. The number of nitrogens with one attached hydrogen (secondary N) is 2. The molecule has 0 aromatic heterocycles. The molecule has 0 aliphatic heterocycles. The van der Waals surface area contributed by atoms with Crippen LogP contribution in [0.2, 0.25) is 0 Å². The van der Waals surface area contributed by atoms with Crippen LogP contribution in [-0.4, -0.2) is 23.3 Å². The average Bonchev–Trinajstić information content (AvgIpc) is 2.27. The molecular weight excluding hydrogens is 240 g/mol. The van der Waals surface area contributed by atoms with Gasteiger partial charge in [-0.15, -0.1) is 0 Å². The molecule has 0 fully saturated rings. The summed E-state index contributed by atoms with van der Waals surface area (Å²) >= 11 is 0. The van der Waals surface area contributed by atoms with Gasteiger partial charge in [-0.05, 0) is 38.3 Å². The predicted molar refractivity (Wildman–Crippen MR) is 77.2 cm³/mol. The Kier molecular flexibility index (Phi) is 5.83. The van der Waals surface area contributed by atoms with Crippen LogP contribution in [0, 0.1) is 5.92 Å². The zero-order chi connectivity index (χ0) is 14.3. The van der Waals surface area contributed by atoms with E-state index in [-0.39, 0.29) is 5.54 Å². The Balaban J connectivity index is 2.28. The Bertz CT molecular complexity index is 390. The number of hydrogen-bond donors (Lipinski definition) is 3. The van der Waals surface area contributed by atoms with Gasteiger partial charge in [0.25, 0.3) is 0 Å². The monoisotopic (exact) mass is 264 g/mol. The first-order valence-electron chi connectivity index (χ1n) is 6.65. The highest BCUT2D eigenvalue weighted by atomic mass is 16.4. The third kappa shape index (κ3) is 6.82. The second kappa shape index (κ2) is 7.14. The number of carboxylic acid groups (broad SMARTS) is 1. The lowest BCUT2D eigenvalue weighted by atomic mass is 9.91. The van der Waals surface area contributed by atoms with E-state index in [1.165, 1.54) is 5.56 Å². The van der Waals surface area contributed by atoms with Crippen molar-refractivity contribution in [1.82, 2.24) is 10.6 Å². The normalized spacial score (nSPS) is 13.0. The number of rotatable bonds is 7. The fourth-order valence-electron chi connectivity index (χ4n) is 2.34. The molecule has 0 saturated carbocycles. The number of hydrogen-bond acceptors (Lipinski definition) is 2. The number of amides is 1. The maximum absolute atomic E-state index is 10.7. The molecule has 4 nitrogen and oxygen atoms in total. The lowest BCUT2D eigenvalue weighted by molar-refractivity contribution is 0.177. The molecule has 1 amide bonds. The van der Waals surface area contributed by atoms with Gasteiger partial charge in [-0.3, -0.25) is 0 Å². The summed E-state index contributed by atoms with van der Waals surface area (Å²) < 4.78 is 0. The van der Waals surface area contributed by atoms with Crippen LogP contribution in [0.25, 0.3) is 0 Å². The molecule has 106 valence electrons. The van der Waals surface area contributed by atoms with Gasteiger partial charge in [0.1, 0.15) is 0 Å². The summed E-state index contributed by atoms with van der Waals surface area (Å²) in [5.74, 6) is 0.408. The Morgan fingerprint density at radius 1 is 1.32 bits per heavy atom. The number of carbonyl (C=O) groups is 1. The van der Waals surface area contributed by atoms with Crippen LogP contribution in [0.15, 0.2) is 30.3 Å². The van der Waals surface area contributed by atoms with Crippen LogP contribution < -0.4 is 10.6 Å². The predicted octanol–water partition coefficient (Wildman–Crippen LogP) is 2.85. The van der Waals surface area contributed by atoms with Crippen LogP contribution >= 0.6 is 0 Å². The van der Waals surface area contributed by atoms with Crippen LogP contribution in [0.3, 0.4) is 0 Å². The Morgan fingerprint density at radius 3 is 2.53 bits per heavy atom. The fraction of sp³-hybridized carbons (Fsp3) is 0.533. The van der Waals surface area contributed by atoms with Crippen LogP contribution in [0.4, 0.5) is 4.79 Å². The molecule has 1 rings (SSSR count). The molecule has 19 heavy (non-hydrogen) atoms. The Morgan fingerprint density at radius 2 is 1.95 bits per heavy atom. The summed E-state index contributed by atoms with van der Waals surface area (Å²) in [5, 5.41) is 14.7. The molecule has 0 heterocycles. The van der Waals surface area contributed by atoms with Gasteiger partial charge in [0.2, 0.25) is 0 Å². The van der Waals surface area contributed by atoms with Crippen molar-refractivity contribution in [1.29, 1.82) is 0 Å². The smallest absolute Gasteiger partial charge is 0.405 e. The lowest BCUT2D eigenvalue weighted by Crippen LogP contribution is -2.44. The van der Waals surface area contributed by atoms with Crippen molar-refractivity contribution in [2.24, 2.45) is 5.92 Å². The summed E-state index contributed by atoms with van der Waals surface area (Å²) in [7, 11) is 0. The van der Waals surface area contributed by atoms with Gasteiger partial charge in [-0.2, -0.15) is 0 Å². The third-order valence-electron chi connectivity index (χ3n) is 2.97. The fourth-order valence-corrected chi connectivity index (χ4v) is 2.34. The molecule has 4 heteroatoms. The molecule has 0 aliphatic rings. The minimum Gasteiger partial charge on any atom is -0.465 e. The van der Waals surface area contributed by atoms with Crippen LogP contribution in [0.5, 0.6) is 0 Å². The van der Waals surface area contributed by atoms with E-state index in [0.29, 0.717) is 5.92 Å². The van der Waals surface area contributed by atoms with Gasteiger partial charge < -0.3 is 15.7 Å².